The number of nitrogens with one attached hydrogen (secondary N) is 1. The fourth-order valence-corrected chi connectivity index (χ4v) is 3.23. The lowest BCUT2D eigenvalue weighted by Crippen LogP contribution is -2.52. The Morgan fingerprint density at radius 2 is 2.28 bits per heavy atom. The number of aromatic nitrogens is 2. The van der Waals surface area contributed by atoms with Gasteiger partial charge in [0, 0.05) is 26.3 Å². The summed E-state index contributed by atoms with van der Waals surface area (Å²) in [6.07, 6.45) is 1.09. The number of carbonyl (C=O) groups excluding carboxylic acids is 1. The maximum atomic E-state index is 12.7. The summed E-state index contributed by atoms with van der Waals surface area (Å²) in [4.78, 5) is 26.0. The van der Waals surface area contributed by atoms with Gasteiger partial charge in [-0.05, 0) is 31.9 Å². The lowest BCUT2D eigenvalue weighted by molar-refractivity contribution is -0.155. The van der Waals surface area contributed by atoms with Crippen LogP contribution in [0.4, 0.5) is 0 Å². The third kappa shape index (κ3) is 3.30. The van der Waals surface area contributed by atoms with Gasteiger partial charge < -0.3 is 19.2 Å². The molecule has 1 atom stereocenters. The third-order valence-electron chi connectivity index (χ3n) is 4.54. The minimum absolute atomic E-state index is 0.0730. The first-order valence-electron chi connectivity index (χ1n) is 8.09. The first kappa shape index (κ1) is 17.2. The van der Waals surface area contributed by atoms with Crippen molar-refractivity contribution in [2.24, 2.45) is 5.41 Å². The molecule has 1 unspecified atom stereocenters. The number of amides is 1. The van der Waals surface area contributed by atoms with Gasteiger partial charge in [-0.15, -0.1) is 0 Å². The second kappa shape index (κ2) is 6.72. The van der Waals surface area contributed by atoms with Crippen molar-refractivity contribution in [2.75, 3.05) is 26.8 Å². The molecule has 1 aliphatic rings. The van der Waals surface area contributed by atoms with Crippen LogP contribution in [-0.2, 0) is 9.53 Å². The molecule has 0 aromatic carbocycles. The summed E-state index contributed by atoms with van der Waals surface area (Å²) < 4.78 is 10.6. The third-order valence-corrected chi connectivity index (χ3v) is 4.54. The molecule has 1 fully saturated rings. The molecule has 25 heavy (non-hydrogen) atoms. The van der Waals surface area contributed by atoms with Gasteiger partial charge in [-0.1, -0.05) is 0 Å². The van der Waals surface area contributed by atoms with Crippen molar-refractivity contribution in [1.29, 1.82) is 0 Å². The van der Waals surface area contributed by atoms with Crippen LogP contribution in [0.5, 0.6) is 0 Å². The Bertz CT molecular complexity index is 777. The quantitative estimate of drug-likeness (QED) is 0.855. The van der Waals surface area contributed by atoms with Crippen LogP contribution in [0.2, 0.25) is 0 Å². The van der Waals surface area contributed by atoms with Crippen molar-refractivity contribution in [3.63, 3.8) is 0 Å². The van der Waals surface area contributed by atoms with Crippen LogP contribution >= 0.6 is 0 Å². The first-order chi connectivity index (χ1) is 11.9. The highest BCUT2D eigenvalue weighted by Gasteiger charge is 2.44. The van der Waals surface area contributed by atoms with Crippen molar-refractivity contribution in [2.45, 2.75) is 19.8 Å². The summed E-state index contributed by atoms with van der Waals surface area (Å²) in [7, 11) is 1.47. The maximum Gasteiger partial charge on any atom is 0.313 e. The fraction of sp³-hybridized carbons (Fsp3) is 0.471. The summed E-state index contributed by atoms with van der Waals surface area (Å²) in [5.74, 6) is 0.120. The van der Waals surface area contributed by atoms with Crippen LogP contribution in [-0.4, -0.2) is 58.9 Å². The summed E-state index contributed by atoms with van der Waals surface area (Å²) in [6, 6.07) is 5.24. The number of aliphatic carboxylic acids is 1. The molecule has 0 aliphatic carbocycles. The van der Waals surface area contributed by atoms with Gasteiger partial charge in [0.25, 0.3) is 5.91 Å². The number of methoxy groups -OCH3 is 1. The van der Waals surface area contributed by atoms with Crippen LogP contribution in [0, 0.1) is 12.3 Å². The Labute approximate surface area is 144 Å². The molecule has 3 heterocycles. The monoisotopic (exact) mass is 347 g/mol. The Balaban J connectivity index is 1.78. The molecule has 1 amide bonds. The average molecular weight is 347 g/mol. The molecule has 1 saturated heterocycles. The van der Waals surface area contributed by atoms with Gasteiger partial charge in [0.15, 0.2) is 11.5 Å². The van der Waals surface area contributed by atoms with Crippen molar-refractivity contribution in [1.82, 2.24) is 15.1 Å². The van der Waals surface area contributed by atoms with Crippen LogP contribution in [0.25, 0.3) is 11.5 Å². The summed E-state index contributed by atoms with van der Waals surface area (Å²) in [5.41, 5.74) is -0.225. The van der Waals surface area contributed by atoms with Gasteiger partial charge in [-0.25, -0.2) is 0 Å². The lowest BCUT2D eigenvalue weighted by Gasteiger charge is -2.39. The molecule has 3 rings (SSSR count). The van der Waals surface area contributed by atoms with Crippen molar-refractivity contribution < 1.29 is 23.8 Å². The molecule has 0 saturated carbocycles. The molecule has 2 N–H and O–H groups in total. The second-order valence-electron chi connectivity index (χ2n) is 6.43. The van der Waals surface area contributed by atoms with E-state index in [-0.39, 0.29) is 24.8 Å². The van der Waals surface area contributed by atoms with E-state index in [0.717, 1.165) is 5.76 Å². The molecular weight excluding hydrogens is 326 g/mol. The zero-order chi connectivity index (χ0) is 18.0. The Morgan fingerprint density at radius 3 is 2.92 bits per heavy atom. The number of ether oxygens (including phenoxy) is 1. The number of carbonyl (C=O) groups is 2. The Kier molecular flexibility index (Phi) is 4.63. The van der Waals surface area contributed by atoms with E-state index in [9.17, 15) is 14.7 Å². The minimum atomic E-state index is -1.07. The van der Waals surface area contributed by atoms with Crippen molar-refractivity contribution in [3.8, 4) is 11.5 Å². The largest absolute Gasteiger partial charge is 0.481 e. The SMILES string of the molecule is COCC1(C(=O)O)CCCN(C(=O)c2cc(-c3ccc(C)o3)[nH]n2)C1. The van der Waals surface area contributed by atoms with E-state index < -0.39 is 11.4 Å². The van der Waals surface area contributed by atoms with E-state index in [4.69, 9.17) is 9.15 Å². The first-order valence-corrected chi connectivity index (χ1v) is 8.09. The Morgan fingerprint density at radius 1 is 1.48 bits per heavy atom. The topological polar surface area (TPSA) is 109 Å². The highest BCUT2D eigenvalue weighted by Crippen LogP contribution is 2.31. The normalized spacial score (nSPS) is 20.6. The number of carboxylic acids is 1. The van der Waals surface area contributed by atoms with E-state index in [1.165, 1.54) is 12.0 Å². The molecule has 2 aromatic heterocycles. The van der Waals surface area contributed by atoms with Crippen molar-refractivity contribution in [3.05, 3.63) is 29.7 Å². The highest BCUT2D eigenvalue weighted by atomic mass is 16.5. The van der Waals surface area contributed by atoms with E-state index >= 15 is 0 Å². The number of hydrogen-bond acceptors (Lipinski definition) is 5. The Hall–Kier alpha value is -2.61. The molecule has 2 aromatic rings. The van der Waals surface area contributed by atoms with Gasteiger partial charge in [-0.3, -0.25) is 14.7 Å². The smallest absolute Gasteiger partial charge is 0.313 e. The summed E-state index contributed by atoms with van der Waals surface area (Å²) in [6.45, 7) is 2.52. The summed E-state index contributed by atoms with van der Waals surface area (Å²) in [5, 5.41) is 16.4. The molecule has 134 valence electrons. The number of hydrogen-bond donors (Lipinski definition) is 2. The number of H-pyrrole nitrogens is 1. The van der Waals surface area contributed by atoms with E-state index in [1.54, 1.807) is 12.1 Å². The zero-order valence-corrected chi connectivity index (χ0v) is 14.2. The number of piperidine rings is 1. The lowest BCUT2D eigenvalue weighted by atomic mass is 9.80. The van der Waals surface area contributed by atoms with Crippen LogP contribution < -0.4 is 0 Å². The number of likely N-dealkylation sites (tertiary alicyclic amines) is 1. The predicted octanol–water partition coefficient (Wildman–Crippen LogP) is 1.93. The van der Waals surface area contributed by atoms with E-state index in [0.29, 0.717) is 30.8 Å². The average Bonchev–Trinajstić information content (AvgIpc) is 3.23. The number of carboxylic acid groups (broad SMARTS) is 1. The van der Waals surface area contributed by atoms with Crippen LogP contribution in [0.15, 0.2) is 22.6 Å². The van der Waals surface area contributed by atoms with Gasteiger partial charge in [0.05, 0.1) is 6.61 Å². The summed E-state index contributed by atoms with van der Waals surface area (Å²) >= 11 is 0. The van der Waals surface area contributed by atoms with Crippen LogP contribution in [0.1, 0.15) is 29.1 Å². The predicted molar refractivity (Wildman–Crippen MR) is 88.1 cm³/mol. The number of furan rings is 1. The molecule has 0 bridgehead atoms. The second-order valence-corrected chi connectivity index (χ2v) is 6.43. The molecule has 8 heteroatoms. The van der Waals surface area contributed by atoms with Gasteiger partial charge in [0.1, 0.15) is 16.9 Å². The number of aromatic amines is 1. The maximum absolute atomic E-state index is 12.7. The van der Waals surface area contributed by atoms with Crippen LogP contribution in [0.3, 0.4) is 0 Å². The number of rotatable bonds is 5. The standard InChI is InChI=1S/C17H21N3O5/c1-11-4-5-14(25-11)12-8-13(19-18-12)15(21)20-7-3-6-17(9-20,10-24-2)16(22)23/h4-5,8H,3,6-7,9-10H2,1-2H3,(H,18,19)(H,22,23). The fourth-order valence-electron chi connectivity index (χ4n) is 3.23. The van der Waals surface area contributed by atoms with Crippen molar-refractivity contribution >= 4 is 11.9 Å². The molecule has 8 nitrogen and oxygen atoms in total. The molecule has 1 aliphatic heterocycles. The number of nitrogens with zero attached hydrogens (tertiary/aromatic N) is 2. The molecule has 0 spiro atoms. The van der Waals surface area contributed by atoms with E-state index in [2.05, 4.69) is 10.2 Å². The zero-order valence-electron chi connectivity index (χ0n) is 14.2. The molecule has 0 radical (unpaired) electrons. The highest BCUT2D eigenvalue weighted by molar-refractivity contribution is 5.93. The van der Waals surface area contributed by atoms with Gasteiger partial charge >= 0.3 is 5.97 Å². The van der Waals surface area contributed by atoms with Gasteiger partial charge in [-0.2, -0.15) is 5.10 Å². The van der Waals surface area contributed by atoms with Gasteiger partial charge in [0.2, 0.25) is 0 Å². The van der Waals surface area contributed by atoms with E-state index in [1.807, 2.05) is 13.0 Å². The minimum Gasteiger partial charge on any atom is -0.481 e. The number of aryl methyl sites for hydroxylation is 1. The molecular formula is C17H21N3O5.